The topological polar surface area (TPSA) is 70.0 Å². The van der Waals surface area contributed by atoms with Gasteiger partial charge in [0.2, 0.25) is 0 Å². The minimum absolute atomic E-state index is 0.121. The maximum atomic E-state index is 9.41. The van der Waals surface area contributed by atoms with Gasteiger partial charge in [-0.15, -0.1) is 0 Å². The molecule has 2 rings (SSSR count). The number of rotatable bonds is 0. The van der Waals surface area contributed by atoms with E-state index in [0.29, 0.717) is 11.3 Å². The van der Waals surface area contributed by atoms with Gasteiger partial charge >= 0.3 is 0 Å². The molecule has 0 aliphatic carbocycles. The Balaban J connectivity index is 2.83. The number of nitriles is 1. The van der Waals surface area contributed by atoms with Crippen LogP contribution < -0.4 is 5.73 Å². The van der Waals surface area contributed by atoms with Gasteiger partial charge in [0.25, 0.3) is 0 Å². The summed E-state index contributed by atoms with van der Waals surface area (Å²) in [5.74, 6) is 5.18. The second-order valence-electron chi connectivity index (χ2n) is 3.30. The molecule has 16 heavy (non-hydrogen) atoms. The predicted octanol–water partition coefficient (Wildman–Crippen LogP) is 2.00. The number of phenolic OH excluding ortho intramolecular Hbond substituents is 1. The summed E-state index contributed by atoms with van der Waals surface area (Å²) >= 11 is 0. The Morgan fingerprint density at radius 3 is 2.81 bits per heavy atom. The van der Waals surface area contributed by atoms with Crippen LogP contribution in [0.4, 0.5) is 5.69 Å². The monoisotopic (exact) mass is 208 g/mol. The van der Waals surface area contributed by atoms with Crippen molar-refractivity contribution < 1.29 is 5.11 Å². The molecular formula is C13H8N2O. The van der Waals surface area contributed by atoms with E-state index in [1.165, 1.54) is 6.07 Å². The van der Waals surface area contributed by atoms with Crippen LogP contribution in [-0.2, 0) is 0 Å². The van der Waals surface area contributed by atoms with Gasteiger partial charge in [0.1, 0.15) is 5.75 Å². The fourth-order valence-electron chi connectivity index (χ4n) is 1.64. The third-order valence-corrected chi connectivity index (χ3v) is 2.25. The van der Waals surface area contributed by atoms with E-state index < -0.39 is 0 Å². The maximum absolute atomic E-state index is 9.41. The van der Waals surface area contributed by atoms with Gasteiger partial charge < -0.3 is 10.8 Å². The average molecular weight is 208 g/mol. The standard InChI is InChI=1S/C13H8N2O/c14-6-2-5-9-3-1-4-10-7-11(16)8-12(15)13(9)10/h1,3-4,7-8,16H,15H2. The summed E-state index contributed by atoms with van der Waals surface area (Å²) in [6.07, 6.45) is 0. The van der Waals surface area contributed by atoms with Crippen LogP contribution in [0.2, 0.25) is 0 Å². The Bertz CT molecular complexity index is 657. The Morgan fingerprint density at radius 1 is 1.25 bits per heavy atom. The molecule has 0 aliphatic rings. The third kappa shape index (κ3) is 1.63. The average Bonchev–Trinajstić information content (AvgIpc) is 2.25. The second kappa shape index (κ2) is 3.84. The minimum Gasteiger partial charge on any atom is -0.508 e. The first kappa shape index (κ1) is 9.89. The zero-order valence-corrected chi connectivity index (χ0v) is 8.36. The molecule has 0 radical (unpaired) electrons. The first-order chi connectivity index (χ1) is 7.72. The van der Waals surface area contributed by atoms with Crippen LogP contribution in [-0.4, -0.2) is 5.11 Å². The minimum atomic E-state index is 0.121. The fourth-order valence-corrected chi connectivity index (χ4v) is 1.64. The summed E-state index contributed by atoms with van der Waals surface area (Å²) in [6, 6.07) is 10.3. The number of hydrogen-bond acceptors (Lipinski definition) is 3. The lowest BCUT2D eigenvalue weighted by atomic mass is 10.0. The van der Waals surface area contributed by atoms with Crippen molar-refractivity contribution in [3.63, 3.8) is 0 Å². The van der Waals surface area contributed by atoms with Crippen molar-refractivity contribution in [1.82, 2.24) is 0 Å². The highest BCUT2D eigenvalue weighted by molar-refractivity contribution is 5.98. The number of benzene rings is 2. The molecule has 0 aliphatic heterocycles. The van der Waals surface area contributed by atoms with Gasteiger partial charge in [-0.2, -0.15) is 5.26 Å². The van der Waals surface area contributed by atoms with Gasteiger partial charge in [0, 0.05) is 28.6 Å². The van der Waals surface area contributed by atoms with E-state index in [-0.39, 0.29) is 5.75 Å². The molecular weight excluding hydrogens is 200 g/mol. The van der Waals surface area contributed by atoms with Crippen LogP contribution in [0.3, 0.4) is 0 Å². The summed E-state index contributed by atoms with van der Waals surface area (Å²) in [4.78, 5) is 0. The van der Waals surface area contributed by atoms with Gasteiger partial charge in [-0.05, 0) is 17.5 Å². The molecule has 0 unspecified atom stereocenters. The summed E-state index contributed by atoms with van der Waals surface area (Å²) in [6.45, 7) is 0. The number of anilines is 1. The van der Waals surface area contributed by atoms with Crippen molar-refractivity contribution in [3.8, 4) is 23.7 Å². The summed E-state index contributed by atoms with van der Waals surface area (Å²) in [5.41, 5.74) is 6.97. The van der Waals surface area contributed by atoms with Crippen molar-refractivity contribution in [1.29, 1.82) is 5.26 Å². The van der Waals surface area contributed by atoms with Crippen molar-refractivity contribution in [2.75, 3.05) is 5.73 Å². The van der Waals surface area contributed by atoms with Gasteiger partial charge in [0.15, 0.2) is 6.07 Å². The highest BCUT2D eigenvalue weighted by Gasteiger charge is 2.04. The molecule has 3 heteroatoms. The first-order valence-corrected chi connectivity index (χ1v) is 4.63. The van der Waals surface area contributed by atoms with Crippen LogP contribution in [0.1, 0.15) is 5.56 Å². The molecule has 0 saturated heterocycles. The first-order valence-electron chi connectivity index (χ1n) is 4.63. The normalized spacial score (nSPS) is 9.19. The van der Waals surface area contributed by atoms with Crippen molar-refractivity contribution in [2.24, 2.45) is 0 Å². The zero-order valence-electron chi connectivity index (χ0n) is 8.36. The highest BCUT2D eigenvalue weighted by Crippen LogP contribution is 2.28. The quantitative estimate of drug-likeness (QED) is 0.514. The zero-order chi connectivity index (χ0) is 11.5. The Labute approximate surface area is 92.7 Å². The van der Waals surface area contributed by atoms with Crippen molar-refractivity contribution >= 4 is 16.5 Å². The largest absolute Gasteiger partial charge is 0.508 e. The predicted molar refractivity (Wildman–Crippen MR) is 62.5 cm³/mol. The van der Waals surface area contributed by atoms with E-state index in [9.17, 15) is 5.11 Å². The molecule has 0 spiro atoms. The third-order valence-electron chi connectivity index (χ3n) is 2.25. The molecule has 0 aromatic heterocycles. The van der Waals surface area contributed by atoms with Crippen LogP contribution in [0, 0.1) is 23.2 Å². The molecule has 0 bridgehead atoms. The van der Waals surface area contributed by atoms with E-state index in [0.717, 1.165) is 10.8 Å². The molecule has 0 heterocycles. The number of fused-ring (bicyclic) bond motifs is 1. The summed E-state index contributed by atoms with van der Waals surface area (Å²) in [7, 11) is 0. The summed E-state index contributed by atoms with van der Waals surface area (Å²) in [5, 5.41) is 19.4. The number of phenols is 1. The van der Waals surface area contributed by atoms with Gasteiger partial charge in [-0.1, -0.05) is 18.1 Å². The lowest BCUT2D eigenvalue weighted by molar-refractivity contribution is 0.476. The van der Waals surface area contributed by atoms with Crippen LogP contribution >= 0.6 is 0 Å². The van der Waals surface area contributed by atoms with Crippen molar-refractivity contribution in [2.45, 2.75) is 0 Å². The van der Waals surface area contributed by atoms with Gasteiger partial charge in [-0.25, -0.2) is 0 Å². The van der Waals surface area contributed by atoms with Crippen LogP contribution in [0.5, 0.6) is 5.75 Å². The van der Waals surface area contributed by atoms with Crippen LogP contribution in [0.25, 0.3) is 10.8 Å². The Morgan fingerprint density at radius 2 is 2.06 bits per heavy atom. The number of hydrogen-bond donors (Lipinski definition) is 2. The highest BCUT2D eigenvalue weighted by atomic mass is 16.3. The molecule has 3 nitrogen and oxygen atoms in total. The van der Waals surface area contributed by atoms with E-state index in [1.807, 2.05) is 12.1 Å². The number of aromatic hydroxyl groups is 1. The molecule has 0 atom stereocenters. The molecule has 3 N–H and O–H groups in total. The Hall–Kier alpha value is -2.65. The van der Waals surface area contributed by atoms with E-state index in [2.05, 4.69) is 11.8 Å². The number of nitrogens with zero attached hydrogens (tertiary/aromatic N) is 1. The van der Waals surface area contributed by atoms with Crippen molar-refractivity contribution in [3.05, 3.63) is 35.9 Å². The second-order valence-corrected chi connectivity index (χ2v) is 3.30. The molecule has 0 amide bonds. The maximum Gasteiger partial charge on any atom is 0.152 e. The molecule has 2 aromatic rings. The summed E-state index contributed by atoms with van der Waals surface area (Å²) < 4.78 is 0. The number of nitrogen functional groups attached to an aromatic ring is 1. The lowest BCUT2D eigenvalue weighted by Gasteiger charge is -2.05. The van der Waals surface area contributed by atoms with Crippen LogP contribution in [0.15, 0.2) is 30.3 Å². The SMILES string of the molecule is N#CC#Cc1cccc2cc(O)cc(N)c12. The fraction of sp³-hybridized carbons (Fsp3) is 0. The Kier molecular flexibility index (Phi) is 2.37. The van der Waals surface area contributed by atoms with E-state index in [1.54, 1.807) is 18.2 Å². The molecule has 0 fully saturated rings. The van der Waals surface area contributed by atoms with Gasteiger partial charge in [-0.3, -0.25) is 0 Å². The van der Waals surface area contributed by atoms with E-state index in [4.69, 9.17) is 11.0 Å². The molecule has 0 saturated carbocycles. The molecule has 76 valence electrons. The lowest BCUT2D eigenvalue weighted by Crippen LogP contribution is -1.89. The smallest absolute Gasteiger partial charge is 0.152 e. The van der Waals surface area contributed by atoms with Gasteiger partial charge in [0.05, 0.1) is 0 Å². The molecule has 2 aromatic carbocycles. The number of nitrogens with two attached hydrogens (primary N) is 1. The van der Waals surface area contributed by atoms with E-state index >= 15 is 0 Å².